The van der Waals surface area contributed by atoms with Gasteiger partial charge in [-0.05, 0) is 12.1 Å². The predicted octanol–water partition coefficient (Wildman–Crippen LogP) is 0.572. The summed E-state index contributed by atoms with van der Waals surface area (Å²) >= 11 is 5.96. The summed E-state index contributed by atoms with van der Waals surface area (Å²) in [6.07, 6.45) is 0. The van der Waals surface area contributed by atoms with Gasteiger partial charge in [-0.25, -0.2) is 0 Å². The lowest BCUT2D eigenvalue weighted by atomic mass is 10.2. The van der Waals surface area contributed by atoms with Gasteiger partial charge in [-0.15, -0.1) is 0 Å². The predicted molar refractivity (Wildman–Crippen MR) is 66.1 cm³/mol. The molecule has 0 aliphatic rings. The minimum Gasteiger partial charge on any atom is -0.493 e. The highest BCUT2D eigenvalue weighted by molar-refractivity contribution is 6.32. The third-order valence-corrected chi connectivity index (χ3v) is 2.36. The zero-order valence-electron chi connectivity index (χ0n) is 9.95. The second-order valence-electron chi connectivity index (χ2n) is 3.32. The molecule has 0 aromatic heterocycles. The van der Waals surface area contributed by atoms with E-state index < -0.39 is 5.91 Å². The van der Waals surface area contributed by atoms with Gasteiger partial charge in [0.1, 0.15) is 0 Å². The van der Waals surface area contributed by atoms with E-state index in [1.165, 1.54) is 26.3 Å². The molecule has 0 spiro atoms. The Morgan fingerprint density at radius 1 is 1.44 bits per heavy atom. The smallest absolute Gasteiger partial charge is 0.255 e. The van der Waals surface area contributed by atoms with Gasteiger partial charge >= 0.3 is 0 Å². The molecule has 0 aliphatic carbocycles. The maximum atomic E-state index is 11.5. The number of halogens is 1. The Bertz CT molecular complexity index is 476. The number of ether oxygens (including phenoxy) is 2. The maximum absolute atomic E-state index is 11.5. The van der Waals surface area contributed by atoms with Crippen molar-refractivity contribution < 1.29 is 19.1 Å². The fraction of sp³-hybridized carbons (Fsp3) is 0.273. The summed E-state index contributed by atoms with van der Waals surface area (Å²) in [5, 5.41) is 2.62. The third-order valence-electron chi connectivity index (χ3n) is 2.08. The molecule has 0 fully saturated rings. The van der Waals surface area contributed by atoms with Crippen LogP contribution >= 0.6 is 11.6 Å². The molecular formula is C11H13ClN2O4. The molecule has 0 heterocycles. The van der Waals surface area contributed by atoms with Crippen LogP contribution in [0, 0.1) is 0 Å². The van der Waals surface area contributed by atoms with Crippen molar-refractivity contribution in [3.8, 4) is 11.5 Å². The zero-order chi connectivity index (χ0) is 13.7. The molecule has 0 aliphatic heterocycles. The average molecular weight is 273 g/mol. The highest BCUT2D eigenvalue weighted by Crippen LogP contribution is 2.36. The summed E-state index contributed by atoms with van der Waals surface area (Å²) in [6, 6.07) is 2.88. The van der Waals surface area contributed by atoms with Crippen molar-refractivity contribution in [3.05, 3.63) is 22.7 Å². The Balaban J connectivity index is 3.11. The molecule has 98 valence electrons. The van der Waals surface area contributed by atoms with Crippen molar-refractivity contribution in [2.75, 3.05) is 20.8 Å². The number of nitrogens with two attached hydrogens (primary N) is 1. The van der Waals surface area contributed by atoms with Gasteiger partial charge in [-0.2, -0.15) is 0 Å². The Morgan fingerprint density at radius 3 is 2.61 bits per heavy atom. The van der Waals surface area contributed by atoms with Crippen LogP contribution in [0.4, 0.5) is 0 Å². The molecule has 1 aromatic rings. The molecule has 0 atom stereocenters. The van der Waals surface area contributed by atoms with E-state index in [9.17, 15) is 9.59 Å². The number of benzene rings is 1. The van der Waals surface area contributed by atoms with Crippen molar-refractivity contribution in [3.63, 3.8) is 0 Å². The summed E-state index contributed by atoms with van der Waals surface area (Å²) in [7, 11) is 2.90. The molecule has 3 N–H and O–H groups in total. The first-order valence-corrected chi connectivity index (χ1v) is 5.38. The topological polar surface area (TPSA) is 90.6 Å². The number of primary amides is 1. The SMILES string of the molecule is CNC(=O)c1cc(Cl)c(OCC(N)=O)c(OC)c1. The molecule has 2 amide bonds. The van der Waals surface area contributed by atoms with Crippen LogP contribution in [0.25, 0.3) is 0 Å². The van der Waals surface area contributed by atoms with E-state index in [0.29, 0.717) is 5.56 Å². The Hall–Kier alpha value is -1.95. The molecule has 0 radical (unpaired) electrons. The summed E-state index contributed by atoms with van der Waals surface area (Å²) in [5.74, 6) is -0.520. The van der Waals surface area contributed by atoms with Crippen molar-refractivity contribution in [1.29, 1.82) is 0 Å². The third kappa shape index (κ3) is 3.27. The molecule has 1 rings (SSSR count). The molecule has 7 heteroatoms. The summed E-state index contributed by atoms with van der Waals surface area (Å²) in [4.78, 5) is 22.1. The molecule has 6 nitrogen and oxygen atoms in total. The number of hydrogen-bond acceptors (Lipinski definition) is 4. The van der Waals surface area contributed by atoms with Crippen LogP contribution < -0.4 is 20.5 Å². The molecule has 1 aromatic carbocycles. The van der Waals surface area contributed by atoms with Crippen molar-refractivity contribution in [2.45, 2.75) is 0 Å². The van der Waals surface area contributed by atoms with E-state index in [4.69, 9.17) is 26.8 Å². The number of methoxy groups -OCH3 is 1. The fourth-order valence-corrected chi connectivity index (χ4v) is 1.54. The molecular weight excluding hydrogens is 260 g/mol. The second kappa shape index (κ2) is 6.11. The minimum absolute atomic E-state index is 0.161. The van der Waals surface area contributed by atoms with Crippen LogP contribution in [0.15, 0.2) is 12.1 Å². The van der Waals surface area contributed by atoms with Gasteiger partial charge in [0.25, 0.3) is 11.8 Å². The number of amides is 2. The van der Waals surface area contributed by atoms with Gasteiger partial charge in [0.15, 0.2) is 18.1 Å². The lowest BCUT2D eigenvalue weighted by molar-refractivity contribution is -0.119. The Morgan fingerprint density at radius 2 is 2.11 bits per heavy atom. The normalized spacial score (nSPS) is 9.72. The van der Waals surface area contributed by atoms with Crippen molar-refractivity contribution in [1.82, 2.24) is 5.32 Å². The van der Waals surface area contributed by atoms with Crippen molar-refractivity contribution in [2.24, 2.45) is 5.73 Å². The average Bonchev–Trinajstić information content (AvgIpc) is 2.35. The van der Waals surface area contributed by atoms with E-state index in [0.717, 1.165) is 0 Å². The lowest BCUT2D eigenvalue weighted by Crippen LogP contribution is -2.21. The van der Waals surface area contributed by atoms with E-state index >= 15 is 0 Å². The van der Waals surface area contributed by atoms with Crippen LogP contribution in [0.3, 0.4) is 0 Å². The largest absolute Gasteiger partial charge is 0.493 e. The van der Waals surface area contributed by atoms with E-state index in [1.54, 1.807) is 0 Å². The van der Waals surface area contributed by atoms with Gasteiger partial charge < -0.3 is 20.5 Å². The van der Waals surface area contributed by atoms with E-state index in [2.05, 4.69) is 5.32 Å². The van der Waals surface area contributed by atoms with E-state index in [-0.39, 0.29) is 29.0 Å². The standard InChI is InChI=1S/C11H13ClN2O4/c1-14-11(16)6-3-7(12)10(8(4-6)17-2)18-5-9(13)15/h3-4H,5H2,1-2H3,(H2,13,15)(H,14,16). The van der Waals surface area contributed by atoms with Gasteiger partial charge in [0.2, 0.25) is 0 Å². The highest BCUT2D eigenvalue weighted by atomic mass is 35.5. The van der Waals surface area contributed by atoms with Crippen LogP contribution in [-0.2, 0) is 4.79 Å². The number of carbonyl (C=O) groups excluding carboxylic acids is 2. The Labute approximate surface area is 109 Å². The molecule has 18 heavy (non-hydrogen) atoms. The first-order chi connectivity index (χ1) is 8.49. The van der Waals surface area contributed by atoms with Crippen LogP contribution in [-0.4, -0.2) is 32.6 Å². The molecule has 0 bridgehead atoms. The van der Waals surface area contributed by atoms with Gasteiger partial charge in [0, 0.05) is 12.6 Å². The van der Waals surface area contributed by atoms with Gasteiger partial charge in [0.05, 0.1) is 12.1 Å². The van der Waals surface area contributed by atoms with Crippen molar-refractivity contribution >= 4 is 23.4 Å². The number of nitrogens with one attached hydrogen (secondary N) is 1. The molecule has 0 saturated carbocycles. The first kappa shape index (κ1) is 14.1. The van der Waals surface area contributed by atoms with Crippen LogP contribution in [0.5, 0.6) is 11.5 Å². The quantitative estimate of drug-likeness (QED) is 0.820. The lowest BCUT2D eigenvalue weighted by Gasteiger charge is -2.12. The minimum atomic E-state index is -0.636. The van der Waals surface area contributed by atoms with E-state index in [1.807, 2.05) is 0 Å². The van der Waals surface area contributed by atoms with Crippen LogP contribution in [0.2, 0.25) is 5.02 Å². The Kier molecular flexibility index (Phi) is 4.79. The summed E-state index contributed by atoms with van der Waals surface area (Å²) in [5.41, 5.74) is 5.29. The summed E-state index contributed by atoms with van der Waals surface area (Å²) in [6.45, 7) is -0.324. The number of hydrogen-bond donors (Lipinski definition) is 2. The monoisotopic (exact) mass is 272 g/mol. The van der Waals surface area contributed by atoms with Crippen LogP contribution in [0.1, 0.15) is 10.4 Å². The number of carbonyl (C=O) groups is 2. The maximum Gasteiger partial charge on any atom is 0.255 e. The first-order valence-electron chi connectivity index (χ1n) is 5.00. The zero-order valence-corrected chi connectivity index (χ0v) is 10.7. The molecule has 0 unspecified atom stereocenters. The highest BCUT2D eigenvalue weighted by Gasteiger charge is 2.15. The van der Waals surface area contributed by atoms with Gasteiger partial charge in [-0.3, -0.25) is 9.59 Å². The number of rotatable bonds is 5. The van der Waals surface area contributed by atoms with Gasteiger partial charge in [-0.1, -0.05) is 11.6 Å². The fourth-order valence-electron chi connectivity index (χ4n) is 1.28. The molecule has 0 saturated heterocycles. The second-order valence-corrected chi connectivity index (χ2v) is 3.73. The summed E-state index contributed by atoms with van der Waals surface area (Å²) < 4.78 is 10.2.